The standard InChI is InChI=1S/C32H51F2N5O5S/c1-24(2)22-39(31(40)23-36-15-17-37(18-16-36)32(41)44-3)29-7-10-35(11-8-29)12-9-30(26-19-27(33)21-28(34)20-26)25-5-13-38(14-6-25)45(4,42)43/h19-21,24-25,29-30H,5-18,22-23H2,1-4H3/t30-/m1/s1. The molecule has 0 aliphatic carbocycles. The van der Waals surface area contributed by atoms with E-state index in [0.717, 1.165) is 45.0 Å². The first-order chi connectivity index (χ1) is 21.3. The van der Waals surface area contributed by atoms with Gasteiger partial charge in [-0.15, -0.1) is 0 Å². The number of carbonyl (C=O) groups excluding carboxylic acids is 2. The number of piperazine rings is 1. The number of ether oxygens (including phenoxy) is 1. The van der Waals surface area contributed by atoms with Crippen LogP contribution >= 0.6 is 0 Å². The molecule has 3 aliphatic rings. The molecule has 3 fully saturated rings. The van der Waals surface area contributed by atoms with Crippen LogP contribution in [0.1, 0.15) is 57.4 Å². The molecular weight excluding hydrogens is 604 g/mol. The average Bonchev–Trinajstić information content (AvgIpc) is 2.99. The molecule has 3 heterocycles. The molecule has 3 aliphatic heterocycles. The van der Waals surface area contributed by atoms with E-state index in [-0.39, 0.29) is 29.9 Å². The number of amides is 2. The third kappa shape index (κ3) is 10.1. The van der Waals surface area contributed by atoms with Crippen molar-refractivity contribution in [3.8, 4) is 0 Å². The Morgan fingerprint density at radius 3 is 2.04 bits per heavy atom. The van der Waals surface area contributed by atoms with Crippen molar-refractivity contribution in [1.82, 2.24) is 23.9 Å². The lowest BCUT2D eigenvalue weighted by Crippen LogP contribution is -2.54. The zero-order valence-electron chi connectivity index (χ0n) is 27.3. The summed E-state index contributed by atoms with van der Waals surface area (Å²) < 4.78 is 58.9. The minimum atomic E-state index is -3.27. The Kier molecular flexibility index (Phi) is 12.6. The predicted octanol–water partition coefficient (Wildman–Crippen LogP) is 3.44. The van der Waals surface area contributed by atoms with Gasteiger partial charge in [0.15, 0.2) is 0 Å². The summed E-state index contributed by atoms with van der Waals surface area (Å²) in [4.78, 5) is 33.6. The zero-order chi connectivity index (χ0) is 32.7. The summed E-state index contributed by atoms with van der Waals surface area (Å²) >= 11 is 0. The lowest BCUT2D eigenvalue weighted by Gasteiger charge is -2.41. The second kappa shape index (κ2) is 16.0. The van der Waals surface area contributed by atoms with Crippen LogP contribution in [-0.2, 0) is 19.6 Å². The Morgan fingerprint density at radius 1 is 0.911 bits per heavy atom. The molecule has 10 nitrogen and oxygen atoms in total. The number of benzene rings is 1. The number of halogens is 2. The second-order valence-electron chi connectivity index (χ2n) is 13.3. The highest BCUT2D eigenvalue weighted by atomic mass is 32.2. The topological polar surface area (TPSA) is 93.7 Å². The van der Waals surface area contributed by atoms with Crippen LogP contribution in [0.25, 0.3) is 0 Å². The first-order valence-electron chi connectivity index (χ1n) is 16.3. The van der Waals surface area contributed by atoms with Crippen LogP contribution in [-0.4, -0.2) is 136 Å². The smallest absolute Gasteiger partial charge is 0.409 e. The number of methoxy groups -OCH3 is 1. The Labute approximate surface area is 267 Å². The van der Waals surface area contributed by atoms with Crippen molar-refractivity contribution >= 4 is 22.0 Å². The lowest BCUT2D eigenvalue weighted by molar-refractivity contribution is -0.136. The molecule has 0 bridgehead atoms. The van der Waals surface area contributed by atoms with Crippen LogP contribution in [0.4, 0.5) is 13.6 Å². The van der Waals surface area contributed by atoms with E-state index in [9.17, 15) is 26.8 Å². The number of piperidine rings is 2. The van der Waals surface area contributed by atoms with Gasteiger partial charge in [0, 0.05) is 71.0 Å². The predicted molar refractivity (Wildman–Crippen MR) is 169 cm³/mol. The number of hydrogen-bond donors (Lipinski definition) is 0. The minimum absolute atomic E-state index is 0.0756. The van der Waals surface area contributed by atoms with Crippen LogP contribution < -0.4 is 0 Å². The van der Waals surface area contributed by atoms with Crippen LogP contribution in [0.5, 0.6) is 0 Å². The summed E-state index contributed by atoms with van der Waals surface area (Å²) in [5.74, 6) is -0.662. The Balaban J connectivity index is 1.33. The Bertz CT molecular complexity index is 1220. The molecule has 45 heavy (non-hydrogen) atoms. The van der Waals surface area contributed by atoms with Crippen molar-refractivity contribution in [2.45, 2.75) is 57.9 Å². The average molecular weight is 656 g/mol. The normalized spacial score (nSPS) is 20.8. The van der Waals surface area contributed by atoms with Crippen LogP contribution in [0, 0.1) is 23.5 Å². The second-order valence-corrected chi connectivity index (χ2v) is 15.3. The third-order valence-electron chi connectivity index (χ3n) is 9.65. The van der Waals surface area contributed by atoms with Crippen LogP contribution in [0.15, 0.2) is 18.2 Å². The van der Waals surface area contributed by atoms with Crippen molar-refractivity contribution in [2.24, 2.45) is 11.8 Å². The fraction of sp³-hybridized carbons (Fsp3) is 0.750. The van der Waals surface area contributed by atoms with Gasteiger partial charge in [0.2, 0.25) is 15.9 Å². The summed E-state index contributed by atoms with van der Waals surface area (Å²) in [5, 5.41) is 0. The van der Waals surface area contributed by atoms with E-state index in [4.69, 9.17) is 4.74 Å². The summed E-state index contributed by atoms with van der Waals surface area (Å²) in [7, 11) is -1.89. The van der Waals surface area contributed by atoms with Gasteiger partial charge in [-0.25, -0.2) is 26.3 Å². The quantitative estimate of drug-likeness (QED) is 0.361. The van der Waals surface area contributed by atoms with Gasteiger partial charge in [0.25, 0.3) is 0 Å². The summed E-state index contributed by atoms with van der Waals surface area (Å²) in [6.45, 7) is 10.9. The first kappa shape index (κ1) is 35.5. The molecule has 254 valence electrons. The number of hydrogen-bond acceptors (Lipinski definition) is 7. The van der Waals surface area contributed by atoms with E-state index < -0.39 is 21.7 Å². The van der Waals surface area contributed by atoms with E-state index >= 15 is 0 Å². The fourth-order valence-corrected chi connectivity index (χ4v) is 8.07. The number of carbonyl (C=O) groups is 2. The molecule has 0 radical (unpaired) electrons. The van der Waals surface area contributed by atoms with Gasteiger partial charge in [-0.3, -0.25) is 9.69 Å². The number of rotatable bonds is 11. The highest BCUT2D eigenvalue weighted by Gasteiger charge is 2.34. The first-order valence-corrected chi connectivity index (χ1v) is 18.2. The maximum Gasteiger partial charge on any atom is 0.409 e. The van der Waals surface area contributed by atoms with Gasteiger partial charge in [0.05, 0.1) is 19.9 Å². The Morgan fingerprint density at radius 2 is 1.51 bits per heavy atom. The maximum atomic E-state index is 14.3. The summed E-state index contributed by atoms with van der Waals surface area (Å²) in [5.41, 5.74) is 0.640. The van der Waals surface area contributed by atoms with E-state index in [1.165, 1.54) is 29.8 Å². The van der Waals surface area contributed by atoms with Gasteiger partial charge in [-0.05, 0) is 74.1 Å². The largest absolute Gasteiger partial charge is 0.453 e. The fourth-order valence-electron chi connectivity index (χ4n) is 7.20. The molecule has 0 unspecified atom stereocenters. The summed E-state index contributed by atoms with van der Waals surface area (Å²) in [6.07, 6.45) is 4.65. The number of sulfonamides is 1. The van der Waals surface area contributed by atoms with Crippen molar-refractivity contribution < 1.29 is 31.5 Å². The van der Waals surface area contributed by atoms with Gasteiger partial charge < -0.3 is 19.4 Å². The van der Waals surface area contributed by atoms with Gasteiger partial charge in [-0.1, -0.05) is 13.8 Å². The Hall–Kier alpha value is -2.35. The summed E-state index contributed by atoms with van der Waals surface area (Å²) in [6, 6.07) is 3.90. The van der Waals surface area contributed by atoms with Crippen LogP contribution in [0.3, 0.4) is 0 Å². The van der Waals surface area contributed by atoms with E-state index in [1.54, 1.807) is 4.90 Å². The molecule has 0 spiro atoms. The molecule has 0 saturated carbocycles. The van der Waals surface area contributed by atoms with Gasteiger partial charge in [-0.2, -0.15) is 0 Å². The number of nitrogens with zero attached hydrogens (tertiary/aromatic N) is 5. The molecule has 3 saturated heterocycles. The molecule has 1 atom stereocenters. The lowest BCUT2D eigenvalue weighted by atomic mass is 9.78. The molecule has 0 N–H and O–H groups in total. The highest BCUT2D eigenvalue weighted by molar-refractivity contribution is 7.88. The molecule has 13 heteroatoms. The highest BCUT2D eigenvalue weighted by Crippen LogP contribution is 2.37. The third-order valence-corrected chi connectivity index (χ3v) is 11.0. The maximum absolute atomic E-state index is 14.3. The van der Waals surface area contributed by atoms with E-state index in [2.05, 4.69) is 28.5 Å². The van der Waals surface area contributed by atoms with Crippen molar-refractivity contribution in [3.05, 3.63) is 35.4 Å². The van der Waals surface area contributed by atoms with Crippen molar-refractivity contribution in [2.75, 3.05) is 85.4 Å². The monoisotopic (exact) mass is 655 g/mol. The number of likely N-dealkylation sites (tertiary alicyclic amines) is 1. The SMILES string of the molecule is COC(=O)N1CCN(CC(=O)N(CC(C)C)C2CCN(CC[C@@H](c3cc(F)cc(F)c3)C3CCN(S(C)(=O)=O)CC3)CC2)CC1. The van der Waals surface area contributed by atoms with Gasteiger partial charge in [0.1, 0.15) is 11.6 Å². The minimum Gasteiger partial charge on any atom is -0.453 e. The van der Waals surface area contributed by atoms with E-state index in [0.29, 0.717) is 76.7 Å². The van der Waals surface area contributed by atoms with Crippen molar-refractivity contribution in [3.63, 3.8) is 0 Å². The molecule has 0 aromatic heterocycles. The molecule has 4 rings (SSSR count). The van der Waals surface area contributed by atoms with E-state index in [1.807, 2.05) is 0 Å². The molecule has 1 aromatic rings. The molecule has 1 aromatic carbocycles. The molecule has 2 amide bonds. The van der Waals surface area contributed by atoms with Crippen LogP contribution in [0.2, 0.25) is 0 Å². The molecular formula is C32H51F2N5O5S. The zero-order valence-corrected chi connectivity index (χ0v) is 28.1. The van der Waals surface area contributed by atoms with Crippen molar-refractivity contribution in [1.29, 1.82) is 0 Å². The van der Waals surface area contributed by atoms with Gasteiger partial charge >= 0.3 is 6.09 Å².